The molecular weight excluding hydrogens is 476 g/mol. The van der Waals surface area contributed by atoms with E-state index in [4.69, 9.17) is 0 Å². The standard InChI is InChI=1S/C27H34N4O6/c32-15-21(33)20(13-16-10-12-28-24(16)35)29-25(36)23-19-8-4-5-17(19)14-31(23)26(37)27(11-9-22(34)30-27)18-6-2-1-3-7-18/h1-3,6-7,16-17,19-20,23,32H,4-5,8-15H2,(H,28,35)(H,29,36)(H,30,34)/t16-,17-,19-,20+,23+,27-/m1/s1. The summed E-state index contributed by atoms with van der Waals surface area (Å²) in [6.45, 7) is 0.177. The van der Waals surface area contributed by atoms with Crippen molar-refractivity contribution in [2.45, 2.75) is 62.6 Å². The molecule has 198 valence electrons. The number of amides is 4. The van der Waals surface area contributed by atoms with Crippen LogP contribution in [0, 0.1) is 17.8 Å². The molecule has 10 nitrogen and oxygen atoms in total. The van der Waals surface area contributed by atoms with Gasteiger partial charge in [-0.25, -0.2) is 0 Å². The van der Waals surface area contributed by atoms with Crippen molar-refractivity contribution < 1.29 is 29.1 Å². The first-order valence-corrected chi connectivity index (χ1v) is 13.2. The fourth-order valence-corrected chi connectivity index (χ4v) is 6.78. The van der Waals surface area contributed by atoms with Crippen LogP contribution in [0.1, 0.15) is 50.5 Å². The van der Waals surface area contributed by atoms with E-state index in [0.717, 1.165) is 19.3 Å². The average molecular weight is 511 g/mol. The molecule has 1 aliphatic carbocycles. The maximum Gasteiger partial charge on any atom is 0.253 e. The molecule has 6 atom stereocenters. The van der Waals surface area contributed by atoms with E-state index in [1.54, 1.807) is 4.90 Å². The molecule has 5 rings (SSSR count). The third-order valence-electron chi connectivity index (χ3n) is 8.68. The number of nitrogens with one attached hydrogen (secondary N) is 3. The Kier molecular flexibility index (Phi) is 7.02. The van der Waals surface area contributed by atoms with E-state index in [2.05, 4.69) is 16.0 Å². The minimum Gasteiger partial charge on any atom is -0.389 e. The van der Waals surface area contributed by atoms with Crippen LogP contribution in [0.5, 0.6) is 0 Å². The molecule has 3 aliphatic heterocycles. The molecule has 1 saturated carbocycles. The van der Waals surface area contributed by atoms with E-state index in [1.807, 2.05) is 30.3 Å². The third-order valence-corrected chi connectivity index (χ3v) is 8.68. The van der Waals surface area contributed by atoms with E-state index in [0.29, 0.717) is 31.5 Å². The Hall–Kier alpha value is -3.27. The van der Waals surface area contributed by atoms with Crippen molar-refractivity contribution >= 4 is 29.4 Å². The lowest BCUT2D eigenvalue weighted by molar-refractivity contribution is -0.146. The van der Waals surface area contributed by atoms with Crippen molar-refractivity contribution in [2.75, 3.05) is 19.7 Å². The number of aliphatic hydroxyl groups is 1. The molecule has 0 radical (unpaired) electrons. The Morgan fingerprint density at radius 2 is 1.92 bits per heavy atom. The van der Waals surface area contributed by atoms with Crippen LogP contribution >= 0.6 is 0 Å². The van der Waals surface area contributed by atoms with Crippen LogP contribution < -0.4 is 16.0 Å². The molecule has 4 amide bonds. The predicted octanol–water partition coefficient (Wildman–Crippen LogP) is -0.00860. The first kappa shape index (κ1) is 25.4. The lowest BCUT2D eigenvalue weighted by atomic mass is 9.86. The van der Waals surface area contributed by atoms with Crippen LogP contribution in [-0.2, 0) is 29.5 Å². The van der Waals surface area contributed by atoms with Gasteiger partial charge in [-0.2, -0.15) is 0 Å². The number of benzene rings is 1. The number of nitrogens with zero attached hydrogens (tertiary/aromatic N) is 1. The molecule has 4 N–H and O–H groups in total. The minimum atomic E-state index is -1.24. The first-order valence-electron chi connectivity index (χ1n) is 13.2. The van der Waals surface area contributed by atoms with Crippen LogP contribution in [0.2, 0.25) is 0 Å². The molecule has 3 saturated heterocycles. The summed E-state index contributed by atoms with van der Waals surface area (Å²) in [7, 11) is 0. The SMILES string of the molecule is O=C1CC[C@](C(=O)N2C[C@H]3CCC[C@H]3[C@H]2C(=O)N[C@@H](C[C@H]2CCNC2=O)C(=O)CO)(c2ccccc2)N1. The van der Waals surface area contributed by atoms with Crippen molar-refractivity contribution in [1.29, 1.82) is 0 Å². The van der Waals surface area contributed by atoms with E-state index < -0.39 is 41.8 Å². The number of likely N-dealkylation sites (tertiary alicyclic amines) is 1. The van der Waals surface area contributed by atoms with Gasteiger partial charge in [-0.3, -0.25) is 24.0 Å². The summed E-state index contributed by atoms with van der Waals surface area (Å²) in [5.41, 5.74) is -0.555. The fraction of sp³-hybridized carbons (Fsp3) is 0.593. The highest BCUT2D eigenvalue weighted by atomic mass is 16.3. The molecule has 10 heteroatoms. The summed E-state index contributed by atoms with van der Waals surface area (Å²) in [6, 6.07) is 7.32. The second kappa shape index (κ2) is 10.2. The Morgan fingerprint density at radius 1 is 1.14 bits per heavy atom. The van der Waals surface area contributed by atoms with Crippen LogP contribution in [0.25, 0.3) is 0 Å². The summed E-state index contributed by atoms with van der Waals surface area (Å²) in [5.74, 6) is -1.99. The highest BCUT2D eigenvalue weighted by molar-refractivity contribution is 5.99. The smallest absolute Gasteiger partial charge is 0.253 e. The fourth-order valence-electron chi connectivity index (χ4n) is 6.78. The molecule has 0 aromatic heterocycles. The number of Topliss-reactive ketones (excluding diaryl/α,β-unsaturated/α-hetero) is 1. The van der Waals surface area contributed by atoms with Gasteiger partial charge < -0.3 is 26.0 Å². The van der Waals surface area contributed by atoms with E-state index in [-0.39, 0.29) is 42.4 Å². The molecule has 4 aliphatic rings. The Morgan fingerprint density at radius 3 is 2.57 bits per heavy atom. The van der Waals surface area contributed by atoms with Crippen LogP contribution in [0.15, 0.2) is 30.3 Å². The highest BCUT2D eigenvalue weighted by Gasteiger charge is 2.56. The molecule has 1 aromatic carbocycles. The van der Waals surface area contributed by atoms with E-state index in [9.17, 15) is 29.1 Å². The zero-order valence-corrected chi connectivity index (χ0v) is 20.8. The van der Waals surface area contributed by atoms with Gasteiger partial charge >= 0.3 is 0 Å². The van der Waals surface area contributed by atoms with Crippen LogP contribution in [0.3, 0.4) is 0 Å². The Balaban J connectivity index is 1.42. The van der Waals surface area contributed by atoms with Gasteiger partial charge in [0, 0.05) is 25.4 Å². The second-order valence-electron chi connectivity index (χ2n) is 10.8. The zero-order chi connectivity index (χ0) is 26.2. The minimum absolute atomic E-state index is 0.0477. The number of fused-ring (bicyclic) bond motifs is 1. The second-order valence-corrected chi connectivity index (χ2v) is 10.8. The topological polar surface area (TPSA) is 145 Å². The van der Waals surface area contributed by atoms with Gasteiger partial charge in [0.15, 0.2) is 5.78 Å². The summed E-state index contributed by atoms with van der Waals surface area (Å²) in [5, 5.41) is 18.0. The highest BCUT2D eigenvalue weighted by Crippen LogP contribution is 2.45. The van der Waals surface area contributed by atoms with Gasteiger partial charge in [0.25, 0.3) is 5.91 Å². The predicted molar refractivity (Wildman–Crippen MR) is 132 cm³/mol. The number of carbonyl (C=O) groups is 5. The summed E-state index contributed by atoms with van der Waals surface area (Å²) in [4.78, 5) is 66.6. The lowest BCUT2D eigenvalue weighted by Gasteiger charge is -2.36. The van der Waals surface area contributed by atoms with Crippen molar-refractivity contribution in [2.24, 2.45) is 17.8 Å². The van der Waals surface area contributed by atoms with Crippen LogP contribution in [-0.4, -0.2) is 71.2 Å². The molecule has 0 unspecified atom stereocenters. The third kappa shape index (κ3) is 4.63. The van der Waals surface area contributed by atoms with Crippen molar-refractivity contribution in [3.8, 4) is 0 Å². The molecule has 3 heterocycles. The number of aliphatic hydroxyl groups excluding tert-OH is 1. The van der Waals surface area contributed by atoms with Gasteiger partial charge in [-0.15, -0.1) is 0 Å². The zero-order valence-electron chi connectivity index (χ0n) is 20.8. The maximum absolute atomic E-state index is 14.2. The summed E-state index contributed by atoms with van der Waals surface area (Å²) < 4.78 is 0. The largest absolute Gasteiger partial charge is 0.389 e. The molecule has 0 spiro atoms. The van der Waals surface area contributed by atoms with Gasteiger partial charge in [0.2, 0.25) is 17.7 Å². The normalized spacial score (nSPS) is 31.5. The number of rotatable bonds is 8. The monoisotopic (exact) mass is 510 g/mol. The number of ketones is 1. The van der Waals surface area contributed by atoms with E-state index in [1.165, 1.54) is 0 Å². The van der Waals surface area contributed by atoms with Crippen molar-refractivity contribution in [3.63, 3.8) is 0 Å². The molecule has 4 fully saturated rings. The Labute approximate surface area is 215 Å². The summed E-state index contributed by atoms with van der Waals surface area (Å²) in [6.07, 6.45) is 3.84. The molecule has 37 heavy (non-hydrogen) atoms. The molecule has 0 bridgehead atoms. The van der Waals surface area contributed by atoms with Crippen molar-refractivity contribution in [3.05, 3.63) is 35.9 Å². The van der Waals surface area contributed by atoms with Gasteiger partial charge in [0.05, 0.1) is 6.04 Å². The molecular formula is C27H34N4O6. The summed E-state index contributed by atoms with van der Waals surface area (Å²) >= 11 is 0. The van der Waals surface area contributed by atoms with E-state index >= 15 is 0 Å². The van der Waals surface area contributed by atoms with Gasteiger partial charge in [-0.1, -0.05) is 36.8 Å². The number of hydrogen-bond donors (Lipinski definition) is 4. The van der Waals surface area contributed by atoms with Gasteiger partial charge in [0.1, 0.15) is 18.2 Å². The first-order chi connectivity index (χ1) is 17.8. The number of hydrogen-bond acceptors (Lipinski definition) is 6. The van der Waals surface area contributed by atoms with Crippen LogP contribution in [0.4, 0.5) is 0 Å². The maximum atomic E-state index is 14.2. The quantitative estimate of drug-likeness (QED) is 0.387. The lowest BCUT2D eigenvalue weighted by Crippen LogP contribution is -2.59. The molecule has 1 aromatic rings. The number of carbonyl (C=O) groups excluding carboxylic acids is 5. The van der Waals surface area contributed by atoms with Gasteiger partial charge in [-0.05, 0) is 49.5 Å². The van der Waals surface area contributed by atoms with Crippen molar-refractivity contribution in [1.82, 2.24) is 20.9 Å². The average Bonchev–Trinajstić information content (AvgIpc) is 3.68. The Bertz CT molecular complexity index is 1090.